The van der Waals surface area contributed by atoms with Gasteiger partial charge in [-0.05, 0) is 43.9 Å². The second-order valence-electron chi connectivity index (χ2n) is 7.56. The summed E-state index contributed by atoms with van der Waals surface area (Å²) in [6.07, 6.45) is 9.17. The van der Waals surface area contributed by atoms with Gasteiger partial charge in [0.1, 0.15) is 11.6 Å². The quantitative estimate of drug-likeness (QED) is 0.721. The van der Waals surface area contributed by atoms with Gasteiger partial charge in [0.05, 0.1) is 11.6 Å². The molecule has 1 saturated heterocycles. The summed E-state index contributed by atoms with van der Waals surface area (Å²) in [6.45, 7) is 3.13. The molecule has 0 radical (unpaired) electrons. The van der Waals surface area contributed by atoms with Crippen molar-refractivity contribution in [2.45, 2.75) is 57.7 Å². The third kappa shape index (κ3) is 2.80. The van der Waals surface area contributed by atoms with Gasteiger partial charge in [-0.15, -0.1) is 10.2 Å². The van der Waals surface area contributed by atoms with E-state index in [-0.39, 0.29) is 0 Å². The highest BCUT2D eigenvalue weighted by Crippen LogP contribution is 2.34. The van der Waals surface area contributed by atoms with E-state index in [1.807, 2.05) is 12.3 Å². The van der Waals surface area contributed by atoms with Crippen molar-refractivity contribution in [3.05, 3.63) is 53.7 Å². The number of fused-ring (bicyclic) bond motifs is 2. The van der Waals surface area contributed by atoms with Gasteiger partial charge in [0, 0.05) is 31.1 Å². The van der Waals surface area contributed by atoms with Crippen molar-refractivity contribution in [2.24, 2.45) is 0 Å². The molecule has 3 aromatic rings. The normalized spacial score (nSPS) is 21.0. The largest absolute Gasteiger partial charge is 0.314 e. The number of hydrogen-bond acceptors (Lipinski definition) is 4. The molecule has 2 aliphatic heterocycles. The van der Waals surface area contributed by atoms with Crippen LogP contribution in [0.15, 0.2) is 36.5 Å². The second-order valence-corrected chi connectivity index (χ2v) is 7.56. The van der Waals surface area contributed by atoms with Crippen molar-refractivity contribution >= 4 is 10.9 Å². The van der Waals surface area contributed by atoms with Gasteiger partial charge in [0.2, 0.25) is 0 Å². The molecule has 5 heteroatoms. The fraction of sp³-hybridized carbons (Fsp3) is 0.476. The predicted molar refractivity (Wildman–Crippen MR) is 102 cm³/mol. The fourth-order valence-corrected chi connectivity index (χ4v) is 4.58. The van der Waals surface area contributed by atoms with E-state index in [0.717, 1.165) is 31.6 Å². The van der Waals surface area contributed by atoms with Crippen molar-refractivity contribution in [3.63, 3.8) is 0 Å². The van der Waals surface area contributed by atoms with Crippen LogP contribution in [0.1, 0.15) is 55.4 Å². The fourth-order valence-electron chi connectivity index (χ4n) is 4.58. The maximum atomic E-state index is 4.63. The van der Waals surface area contributed by atoms with E-state index >= 15 is 0 Å². The smallest absolute Gasteiger partial charge is 0.150 e. The van der Waals surface area contributed by atoms with Crippen LogP contribution in [0.25, 0.3) is 10.9 Å². The molecule has 0 aliphatic carbocycles. The lowest BCUT2D eigenvalue weighted by Gasteiger charge is -2.25. The van der Waals surface area contributed by atoms with E-state index in [4.69, 9.17) is 0 Å². The Bertz CT molecular complexity index is 910. The first-order valence-corrected chi connectivity index (χ1v) is 9.89. The zero-order valence-corrected chi connectivity index (χ0v) is 15.1. The molecule has 0 amide bonds. The monoisotopic (exact) mass is 347 g/mol. The molecular formula is C21H25N5. The van der Waals surface area contributed by atoms with Crippen LogP contribution in [0, 0.1) is 0 Å². The number of benzene rings is 1. The highest BCUT2D eigenvalue weighted by molar-refractivity contribution is 5.81. The first-order valence-electron chi connectivity index (χ1n) is 9.89. The summed E-state index contributed by atoms with van der Waals surface area (Å²) in [5, 5.41) is 10.4. The van der Waals surface area contributed by atoms with E-state index in [2.05, 4.69) is 48.9 Å². The Labute approximate surface area is 154 Å². The molecular weight excluding hydrogens is 322 g/mol. The Morgan fingerprint density at radius 3 is 2.92 bits per heavy atom. The highest BCUT2D eigenvalue weighted by Gasteiger charge is 2.31. The van der Waals surface area contributed by atoms with Crippen molar-refractivity contribution in [2.75, 3.05) is 6.54 Å². The molecule has 26 heavy (non-hydrogen) atoms. The van der Waals surface area contributed by atoms with Gasteiger partial charge in [-0.1, -0.05) is 30.7 Å². The molecule has 0 spiro atoms. The number of aromatic nitrogens is 4. The van der Waals surface area contributed by atoms with E-state index in [1.165, 1.54) is 54.7 Å². The molecule has 0 bridgehead atoms. The zero-order chi connectivity index (χ0) is 17.3. The zero-order valence-electron chi connectivity index (χ0n) is 15.1. The number of likely N-dealkylation sites (tertiary alicyclic amines) is 1. The summed E-state index contributed by atoms with van der Waals surface area (Å²) in [5.74, 6) is 2.38. The Balaban J connectivity index is 1.45. The van der Waals surface area contributed by atoms with Crippen LogP contribution < -0.4 is 0 Å². The summed E-state index contributed by atoms with van der Waals surface area (Å²) in [7, 11) is 0. The summed E-state index contributed by atoms with van der Waals surface area (Å²) in [6, 6.07) is 11.0. The minimum Gasteiger partial charge on any atom is -0.314 e. The number of aryl methyl sites for hydroxylation is 1. The van der Waals surface area contributed by atoms with Crippen LogP contribution in [0.3, 0.4) is 0 Å². The SMILES string of the molecule is c1cnc2c(CN3CCC[C@H]3c3nnc4n3CCCCC4)cccc2c1. The van der Waals surface area contributed by atoms with Crippen molar-refractivity contribution in [1.82, 2.24) is 24.6 Å². The van der Waals surface area contributed by atoms with Gasteiger partial charge in [-0.3, -0.25) is 9.88 Å². The molecule has 1 atom stereocenters. The number of nitrogens with zero attached hydrogens (tertiary/aromatic N) is 5. The highest BCUT2D eigenvalue weighted by atomic mass is 15.3. The van der Waals surface area contributed by atoms with Crippen molar-refractivity contribution in [3.8, 4) is 0 Å². The lowest BCUT2D eigenvalue weighted by Crippen LogP contribution is -2.25. The molecule has 5 rings (SSSR count). The van der Waals surface area contributed by atoms with E-state index in [9.17, 15) is 0 Å². The maximum Gasteiger partial charge on any atom is 0.150 e. The molecule has 5 nitrogen and oxygen atoms in total. The van der Waals surface area contributed by atoms with E-state index in [1.54, 1.807) is 0 Å². The average molecular weight is 347 g/mol. The molecule has 1 aromatic carbocycles. The van der Waals surface area contributed by atoms with Crippen molar-refractivity contribution < 1.29 is 0 Å². The molecule has 1 fully saturated rings. The third-order valence-electron chi connectivity index (χ3n) is 5.89. The molecule has 4 heterocycles. The van der Waals surface area contributed by atoms with Crippen LogP contribution in [0.2, 0.25) is 0 Å². The van der Waals surface area contributed by atoms with Gasteiger partial charge in [-0.25, -0.2) is 0 Å². The molecule has 0 N–H and O–H groups in total. The van der Waals surface area contributed by atoms with Gasteiger partial charge in [0.15, 0.2) is 0 Å². The Morgan fingerprint density at radius 2 is 1.92 bits per heavy atom. The van der Waals surface area contributed by atoms with Crippen LogP contribution in [-0.2, 0) is 19.5 Å². The number of hydrogen-bond donors (Lipinski definition) is 0. The Hall–Kier alpha value is -2.27. The maximum absolute atomic E-state index is 4.63. The van der Waals surface area contributed by atoms with Gasteiger partial charge >= 0.3 is 0 Å². The van der Waals surface area contributed by atoms with Crippen LogP contribution in [0.4, 0.5) is 0 Å². The minimum absolute atomic E-state index is 0.383. The number of para-hydroxylation sites is 1. The number of pyridine rings is 1. The molecule has 2 aliphatic rings. The van der Waals surface area contributed by atoms with Crippen molar-refractivity contribution in [1.29, 1.82) is 0 Å². The molecule has 134 valence electrons. The molecule has 0 unspecified atom stereocenters. The standard InChI is InChI=1S/C21H25N5/c1-2-11-19-23-24-21(26(19)14-3-1)18-10-6-13-25(18)15-17-8-4-7-16-9-5-12-22-20(16)17/h4-5,7-9,12,18H,1-3,6,10-11,13-15H2/t18-/m0/s1. The van der Waals surface area contributed by atoms with E-state index in [0.29, 0.717) is 6.04 Å². The van der Waals surface area contributed by atoms with Crippen LogP contribution in [0.5, 0.6) is 0 Å². The summed E-state index contributed by atoms with van der Waals surface area (Å²) >= 11 is 0. The van der Waals surface area contributed by atoms with Gasteiger partial charge in [-0.2, -0.15) is 0 Å². The average Bonchev–Trinajstić information content (AvgIpc) is 3.22. The summed E-state index contributed by atoms with van der Waals surface area (Å²) in [5.41, 5.74) is 2.44. The Kier molecular flexibility index (Phi) is 4.17. The predicted octanol–water partition coefficient (Wildman–Crippen LogP) is 3.89. The summed E-state index contributed by atoms with van der Waals surface area (Å²) in [4.78, 5) is 7.21. The van der Waals surface area contributed by atoms with Crippen LogP contribution in [-0.4, -0.2) is 31.2 Å². The Morgan fingerprint density at radius 1 is 0.962 bits per heavy atom. The molecule has 0 saturated carbocycles. The first-order chi connectivity index (χ1) is 12.9. The van der Waals surface area contributed by atoms with Crippen LogP contribution >= 0.6 is 0 Å². The summed E-state index contributed by atoms with van der Waals surface area (Å²) < 4.78 is 2.41. The molecule has 2 aromatic heterocycles. The van der Waals surface area contributed by atoms with Gasteiger partial charge < -0.3 is 4.57 Å². The third-order valence-corrected chi connectivity index (χ3v) is 5.89. The second kappa shape index (κ2) is 6.80. The topological polar surface area (TPSA) is 46.8 Å². The first kappa shape index (κ1) is 15.9. The van der Waals surface area contributed by atoms with E-state index < -0.39 is 0 Å². The number of rotatable bonds is 3. The van der Waals surface area contributed by atoms with Gasteiger partial charge in [0.25, 0.3) is 0 Å². The lowest BCUT2D eigenvalue weighted by atomic mass is 10.1. The lowest BCUT2D eigenvalue weighted by molar-refractivity contribution is 0.235. The minimum atomic E-state index is 0.383.